The van der Waals surface area contributed by atoms with Crippen LogP contribution in [-0.4, -0.2) is 11.2 Å². The molecule has 116 valence electrons. The van der Waals surface area contributed by atoms with E-state index in [1.165, 1.54) is 5.57 Å². The average Bonchev–Trinajstić information content (AvgIpc) is 2.37. The summed E-state index contributed by atoms with van der Waals surface area (Å²) in [6.45, 7) is 8.42. The highest BCUT2D eigenvalue weighted by molar-refractivity contribution is 5.50. The summed E-state index contributed by atoms with van der Waals surface area (Å²) in [5.41, 5.74) is 3.59. The minimum Gasteiger partial charge on any atom is -0.508 e. The molecule has 1 N–H and O–H groups in total. The Labute approximate surface area is 128 Å². The highest BCUT2D eigenvalue weighted by Crippen LogP contribution is 2.43. The van der Waals surface area contributed by atoms with Gasteiger partial charge in [0.15, 0.2) is 0 Å². The van der Waals surface area contributed by atoms with E-state index in [2.05, 4.69) is 26.0 Å². The summed E-state index contributed by atoms with van der Waals surface area (Å²) in [4.78, 5) is 0. The van der Waals surface area contributed by atoms with E-state index in [0.717, 1.165) is 49.0 Å². The molecule has 0 aliphatic heterocycles. The lowest BCUT2D eigenvalue weighted by Gasteiger charge is -2.26. The summed E-state index contributed by atoms with van der Waals surface area (Å²) in [5.74, 6) is 1.67. The van der Waals surface area contributed by atoms with Gasteiger partial charge in [0.1, 0.15) is 11.5 Å². The smallest absolute Gasteiger partial charge is 0.127 e. The van der Waals surface area contributed by atoms with Crippen LogP contribution >= 0.6 is 0 Å². The summed E-state index contributed by atoms with van der Waals surface area (Å²) >= 11 is 0. The fraction of sp³-hybridized carbons (Fsp3) is 0.579. The Hall–Kier alpha value is -1.44. The number of aryl methyl sites for hydroxylation is 1. The third-order valence-electron chi connectivity index (χ3n) is 4.07. The van der Waals surface area contributed by atoms with Crippen LogP contribution in [0.5, 0.6) is 11.5 Å². The molecule has 0 saturated heterocycles. The van der Waals surface area contributed by atoms with Gasteiger partial charge in [-0.15, -0.1) is 0 Å². The molecule has 2 rings (SSSR count). The number of hydrogen-bond acceptors (Lipinski definition) is 2. The zero-order chi connectivity index (χ0) is 15.4. The fourth-order valence-corrected chi connectivity index (χ4v) is 3.21. The summed E-state index contributed by atoms with van der Waals surface area (Å²) in [6.07, 6.45) is 7.69. The van der Waals surface area contributed by atoms with Gasteiger partial charge in [-0.2, -0.15) is 0 Å². The minimum atomic E-state index is 0.125. The molecule has 1 atom stereocenters. The normalized spacial score (nSPS) is 18.7. The van der Waals surface area contributed by atoms with Crippen LogP contribution in [0.1, 0.15) is 70.4 Å². The van der Waals surface area contributed by atoms with E-state index in [0.29, 0.717) is 11.7 Å². The van der Waals surface area contributed by atoms with Gasteiger partial charge < -0.3 is 9.84 Å². The molecule has 1 aromatic rings. The van der Waals surface area contributed by atoms with Crippen molar-refractivity contribution in [2.45, 2.75) is 71.8 Å². The van der Waals surface area contributed by atoms with Gasteiger partial charge in [-0.25, -0.2) is 0 Å². The first kappa shape index (κ1) is 15.9. The van der Waals surface area contributed by atoms with E-state index >= 15 is 0 Å². The largest absolute Gasteiger partial charge is 0.508 e. The maximum absolute atomic E-state index is 10.6. The molecule has 0 radical (unpaired) electrons. The Bertz CT molecular complexity index is 515. The molecule has 0 unspecified atom stereocenters. The number of rotatable bonds is 5. The zero-order valence-electron chi connectivity index (χ0n) is 13.8. The van der Waals surface area contributed by atoms with Crippen LogP contribution in [-0.2, 0) is 6.42 Å². The molecular formula is C19H28O2. The second-order valence-corrected chi connectivity index (χ2v) is 6.47. The summed E-state index contributed by atoms with van der Waals surface area (Å²) in [5, 5.41) is 10.6. The number of allylic oxidation sites excluding steroid dienone is 2. The average molecular weight is 288 g/mol. The second kappa shape index (κ2) is 7.02. The summed E-state index contributed by atoms with van der Waals surface area (Å²) in [7, 11) is 0. The van der Waals surface area contributed by atoms with Gasteiger partial charge in [-0.05, 0) is 70.1 Å². The van der Waals surface area contributed by atoms with Crippen molar-refractivity contribution in [3.8, 4) is 11.5 Å². The topological polar surface area (TPSA) is 29.5 Å². The molecule has 2 heteroatoms. The van der Waals surface area contributed by atoms with Crippen LogP contribution < -0.4 is 4.74 Å². The summed E-state index contributed by atoms with van der Waals surface area (Å²) < 4.78 is 6.02. The minimum absolute atomic E-state index is 0.125. The first-order valence-corrected chi connectivity index (χ1v) is 8.19. The highest BCUT2D eigenvalue weighted by atomic mass is 16.5. The van der Waals surface area contributed by atoms with Crippen LogP contribution in [0.15, 0.2) is 23.8 Å². The van der Waals surface area contributed by atoms with Crippen LogP contribution in [0, 0.1) is 0 Å². The molecule has 1 aromatic carbocycles. The van der Waals surface area contributed by atoms with Gasteiger partial charge in [0.25, 0.3) is 0 Å². The van der Waals surface area contributed by atoms with E-state index in [4.69, 9.17) is 4.74 Å². The first-order valence-electron chi connectivity index (χ1n) is 8.19. The Morgan fingerprint density at radius 2 is 2.10 bits per heavy atom. The molecule has 0 heterocycles. The first-order chi connectivity index (χ1) is 10.0. The number of ether oxygens (including phenoxy) is 1. The lowest BCUT2D eigenvalue weighted by molar-refractivity contribution is 0.236. The monoisotopic (exact) mass is 288 g/mol. The number of aromatic hydroxyl groups is 1. The number of benzene rings is 1. The molecule has 0 spiro atoms. The van der Waals surface area contributed by atoms with Gasteiger partial charge >= 0.3 is 0 Å². The maximum Gasteiger partial charge on any atom is 0.127 e. The number of hydrogen-bond donors (Lipinski definition) is 1. The molecule has 0 amide bonds. The lowest BCUT2D eigenvalue weighted by Crippen LogP contribution is -2.12. The standard InChI is InChI=1S/C19H28O2/c1-5-7-15-11-17(20)19(18(12-15)21-13(2)3)16-9-6-8-14(4)10-16/h8,11-13,16,20H,5-7,9-10H2,1-4H3/t16-/m0/s1. The van der Waals surface area contributed by atoms with Crippen molar-refractivity contribution in [1.29, 1.82) is 0 Å². The molecule has 21 heavy (non-hydrogen) atoms. The van der Waals surface area contributed by atoms with Crippen molar-refractivity contribution in [3.63, 3.8) is 0 Å². The Balaban J connectivity index is 2.39. The SMILES string of the molecule is CCCc1cc(O)c([C@H]2CCC=C(C)C2)c(OC(C)C)c1. The lowest BCUT2D eigenvalue weighted by atomic mass is 9.83. The van der Waals surface area contributed by atoms with Crippen molar-refractivity contribution in [2.24, 2.45) is 0 Å². The number of phenols is 1. The van der Waals surface area contributed by atoms with Crippen LogP contribution in [0.2, 0.25) is 0 Å². The molecule has 1 aliphatic rings. The molecule has 0 saturated carbocycles. The van der Waals surface area contributed by atoms with Crippen molar-refractivity contribution < 1.29 is 9.84 Å². The van der Waals surface area contributed by atoms with E-state index in [1.54, 1.807) is 0 Å². The van der Waals surface area contributed by atoms with Gasteiger partial charge in [-0.1, -0.05) is 25.0 Å². The Kier molecular flexibility index (Phi) is 5.33. The number of phenolic OH excluding ortho intramolecular Hbond substituents is 1. The van der Waals surface area contributed by atoms with Gasteiger partial charge in [-0.3, -0.25) is 0 Å². The molecule has 0 aromatic heterocycles. The molecular weight excluding hydrogens is 260 g/mol. The van der Waals surface area contributed by atoms with Crippen molar-refractivity contribution >= 4 is 0 Å². The quantitative estimate of drug-likeness (QED) is 0.740. The second-order valence-electron chi connectivity index (χ2n) is 6.47. The van der Waals surface area contributed by atoms with Crippen LogP contribution in [0.25, 0.3) is 0 Å². The van der Waals surface area contributed by atoms with Crippen LogP contribution in [0.3, 0.4) is 0 Å². The van der Waals surface area contributed by atoms with Gasteiger partial charge in [0.05, 0.1) is 6.10 Å². The molecule has 2 nitrogen and oxygen atoms in total. The third kappa shape index (κ3) is 4.03. The van der Waals surface area contributed by atoms with E-state index < -0.39 is 0 Å². The maximum atomic E-state index is 10.6. The van der Waals surface area contributed by atoms with E-state index in [1.807, 2.05) is 19.9 Å². The van der Waals surface area contributed by atoms with Gasteiger partial charge in [0, 0.05) is 5.56 Å². The van der Waals surface area contributed by atoms with Gasteiger partial charge in [0.2, 0.25) is 0 Å². The molecule has 0 fully saturated rings. The molecule has 0 bridgehead atoms. The Morgan fingerprint density at radius 1 is 1.33 bits per heavy atom. The predicted octanol–water partition coefficient (Wildman–Crippen LogP) is 5.35. The predicted molar refractivity (Wildman–Crippen MR) is 88.2 cm³/mol. The Morgan fingerprint density at radius 3 is 2.71 bits per heavy atom. The van der Waals surface area contributed by atoms with Crippen LogP contribution in [0.4, 0.5) is 0 Å². The fourth-order valence-electron chi connectivity index (χ4n) is 3.21. The third-order valence-corrected chi connectivity index (χ3v) is 4.07. The summed E-state index contributed by atoms with van der Waals surface area (Å²) in [6, 6.07) is 4.06. The zero-order valence-corrected chi connectivity index (χ0v) is 13.8. The molecule has 1 aliphatic carbocycles. The van der Waals surface area contributed by atoms with Crippen molar-refractivity contribution in [3.05, 3.63) is 34.9 Å². The van der Waals surface area contributed by atoms with E-state index in [-0.39, 0.29) is 6.10 Å². The highest BCUT2D eigenvalue weighted by Gasteiger charge is 2.24. The van der Waals surface area contributed by atoms with Crippen molar-refractivity contribution in [2.75, 3.05) is 0 Å². The van der Waals surface area contributed by atoms with E-state index in [9.17, 15) is 5.11 Å². The van der Waals surface area contributed by atoms with Crippen molar-refractivity contribution in [1.82, 2.24) is 0 Å².